The molecule has 1 atom stereocenters. The molecule has 1 amide bonds. The number of carbonyl (C=O) groups is 1. The first-order chi connectivity index (χ1) is 9.50. The predicted octanol–water partition coefficient (Wildman–Crippen LogP) is 1.73. The molecule has 0 bridgehead atoms. The molecule has 1 N–H and O–H groups in total. The van der Waals surface area contributed by atoms with Gasteiger partial charge in [-0.05, 0) is 32.4 Å². The van der Waals surface area contributed by atoms with Crippen LogP contribution in [0.5, 0.6) is 0 Å². The standard InChI is InChI=1S/C14H19N3O3/c1-10-5-6-11(8-13(10)17(19)20)14(18)16(2)12-4-3-7-15-9-12/h5-6,8,12,15H,3-4,7,9H2,1-2H3. The molecule has 1 aromatic rings. The number of aryl methyl sites for hydroxylation is 1. The highest BCUT2D eigenvalue weighted by molar-refractivity contribution is 5.95. The summed E-state index contributed by atoms with van der Waals surface area (Å²) in [4.78, 5) is 24.6. The fraction of sp³-hybridized carbons (Fsp3) is 0.500. The average Bonchev–Trinajstić information content (AvgIpc) is 2.47. The normalized spacial score (nSPS) is 18.6. The summed E-state index contributed by atoms with van der Waals surface area (Å²) in [5.74, 6) is -0.165. The highest BCUT2D eigenvalue weighted by Crippen LogP contribution is 2.21. The molecule has 1 fully saturated rings. The van der Waals surface area contributed by atoms with Gasteiger partial charge in [-0.2, -0.15) is 0 Å². The molecule has 6 nitrogen and oxygen atoms in total. The van der Waals surface area contributed by atoms with Gasteiger partial charge in [0.2, 0.25) is 0 Å². The summed E-state index contributed by atoms with van der Waals surface area (Å²) in [6, 6.07) is 4.79. The third kappa shape index (κ3) is 2.96. The van der Waals surface area contributed by atoms with Crippen LogP contribution in [0.25, 0.3) is 0 Å². The maximum atomic E-state index is 12.4. The lowest BCUT2D eigenvalue weighted by Crippen LogP contribution is -2.46. The van der Waals surface area contributed by atoms with E-state index in [-0.39, 0.29) is 17.6 Å². The maximum absolute atomic E-state index is 12.4. The topological polar surface area (TPSA) is 75.5 Å². The van der Waals surface area contributed by atoms with E-state index < -0.39 is 4.92 Å². The van der Waals surface area contributed by atoms with Crippen LogP contribution in [0.15, 0.2) is 18.2 Å². The lowest BCUT2D eigenvalue weighted by atomic mass is 10.0. The number of nitrogens with zero attached hydrogens (tertiary/aromatic N) is 2. The molecule has 20 heavy (non-hydrogen) atoms. The van der Waals surface area contributed by atoms with E-state index in [9.17, 15) is 14.9 Å². The van der Waals surface area contributed by atoms with Crippen molar-refractivity contribution in [2.75, 3.05) is 20.1 Å². The van der Waals surface area contributed by atoms with Crippen LogP contribution in [-0.2, 0) is 0 Å². The van der Waals surface area contributed by atoms with E-state index >= 15 is 0 Å². The van der Waals surface area contributed by atoms with Gasteiger partial charge in [0, 0.05) is 36.8 Å². The molecule has 1 saturated heterocycles. The van der Waals surface area contributed by atoms with Crippen LogP contribution in [0, 0.1) is 17.0 Å². The summed E-state index contributed by atoms with van der Waals surface area (Å²) in [7, 11) is 1.76. The Morgan fingerprint density at radius 2 is 2.25 bits per heavy atom. The van der Waals surface area contributed by atoms with Gasteiger partial charge in [0.25, 0.3) is 11.6 Å². The molecule has 2 rings (SSSR count). The Balaban J connectivity index is 2.19. The van der Waals surface area contributed by atoms with E-state index in [1.165, 1.54) is 6.07 Å². The first-order valence-electron chi connectivity index (χ1n) is 6.73. The average molecular weight is 277 g/mol. The largest absolute Gasteiger partial charge is 0.337 e. The number of hydrogen-bond donors (Lipinski definition) is 1. The van der Waals surface area contributed by atoms with Crippen molar-refractivity contribution in [3.63, 3.8) is 0 Å². The molecule has 0 saturated carbocycles. The third-order valence-corrected chi connectivity index (χ3v) is 3.79. The summed E-state index contributed by atoms with van der Waals surface area (Å²) < 4.78 is 0. The van der Waals surface area contributed by atoms with Gasteiger partial charge >= 0.3 is 0 Å². The molecular weight excluding hydrogens is 258 g/mol. The van der Waals surface area contributed by atoms with E-state index in [2.05, 4.69) is 5.32 Å². The van der Waals surface area contributed by atoms with E-state index in [1.54, 1.807) is 31.0 Å². The lowest BCUT2D eigenvalue weighted by molar-refractivity contribution is -0.385. The van der Waals surface area contributed by atoms with Crippen LogP contribution in [0.3, 0.4) is 0 Å². The molecule has 108 valence electrons. The zero-order valence-corrected chi connectivity index (χ0v) is 11.8. The molecule has 1 unspecified atom stereocenters. The molecule has 1 aliphatic heterocycles. The first kappa shape index (κ1) is 14.5. The number of nitrogens with one attached hydrogen (secondary N) is 1. The monoisotopic (exact) mass is 277 g/mol. The first-order valence-corrected chi connectivity index (χ1v) is 6.73. The molecule has 1 heterocycles. The molecule has 1 aromatic carbocycles. The van der Waals surface area contributed by atoms with E-state index in [0.717, 1.165) is 25.9 Å². The van der Waals surface area contributed by atoms with Crippen LogP contribution in [0.4, 0.5) is 5.69 Å². The molecular formula is C14H19N3O3. The second-order valence-electron chi connectivity index (χ2n) is 5.17. The Bertz CT molecular complexity index is 524. The van der Waals surface area contributed by atoms with Crippen molar-refractivity contribution in [1.82, 2.24) is 10.2 Å². The maximum Gasteiger partial charge on any atom is 0.273 e. The minimum atomic E-state index is -0.450. The van der Waals surface area contributed by atoms with Crippen molar-refractivity contribution in [1.29, 1.82) is 0 Å². The van der Waals surface area contributed by atoms with Crippen molar-refractivity contribution in [3.05, 3.63) is 39.4 Å². The number of benzene rings is 1. The molecule has 1 aliphatic rings. The second-order valence-corrected chi connectivity index (χ2v) is 5.17. The fourth-order valence-corrected chi connectivity index (χ4v) is 2.47. The predicted molar refractivity (Wildman–Crippen MR) is 75.8 cm³/mol. The summed E-state index contributed by atoms with van der Waals surface area (Å²) in [5, 5.41) is 14.2. The van der Waals surface area contributed by atoms with Gasteiger partial charge in [0.15, 0.2) is 0 Å². The van der Waals surface area contributed by atoms with Crippen LogP contribution in [-0.4, -0.2) is 41.9 Å². The summed E-state index contributed by atoms with van der Waals surface area (Å²) in [5.41, 5.74) is 0.926. The van der Waals surface area contributed by atoms with Crippen LogP contribution >= 0.6 is 0 Å². The number of likely N-dealkylation sites (N-methyl/N-ethyl adjacent to an activating group) is 1. The number of amides is 1. The van der Waals surface area contributed by atoms with Crippen LogP contribution in [0.1, 0.15) is 28.8 Å². The smallest absolute Gasteiger partial charge is 0.273 e. The van der Waals surface area contributed by atoms with Gasteiger partial charge in [-0.25, -0.2) is 0 Å². The number of rotatable bonds is 3. The van der Waals surface area contributed by atoms with Gasteiger partial charge in [-0.1, -0.05) is 6.07 Å². The van der Waals surface area contributed by atoms with Crippen molar-refractivity contribution < 1.29 is 9.72 Å². The second kappa shape index (κ2) is 6.00. The summed E-state index contributed by atoms with van der Waals surface area (Å²) in [6.45, 7) is 3.42. The Labute approximate surface area is 117 Å². The van der Waals surface area contributed by atoms with Gasteiger partial charge in [-0.15, -0.1) is 0 Å². The van der Waals surface area contributed by atoms with Crippen molar-refractivity contribution >= 4 is 11.6 Å². The Morgan fingerprint density at radius 3 is 2.85 bits per heavy atom. The number of hydrogen-bond acceptors (Lipinski definition) is 4. The Morgan fingerprint density at radius 1 is 1.50 bits per heavy atom. The Hall–Kier alpha value is -1.95. The summed E-state index contributed by atoms with van der Waals surface area (Å²) >= 11 is 0. The molecule has 0 aromatic heterocycles. The lowest BCUT2D eigenvalue weighted by Gasteiger charge is -2.31. The van der Waals surface area contributed by atoms with Crippen molar-refractivity contribution in [2.24, 2.45) is 0 Å². The van der Waals surface area contributed by atoms with Crippen molar-refractivity contribution in [2.45, 2.75) is 25.8 Å². The highest BCUT2D eigenvalue weighted by atomic mass is 16.6. The van der Waals surface area contributed by atoms with E-state index in [4.69, 9.17) is 0 Å². The fourth-order valence-electron chi connectivity index (χ4n) is 2.47. The Kier molecular flexibility index (Phi) is 4.34. The minimum Gasteiger partial charge on any atom is -0.337 e. The number of carbonyl (C=O) groups excluding carboxylic acids is 1. The van der Waals surface area contributed by atoms with Gasteiger partial charge < -0.3 is 10.2 Å². The highest BCUT2D eigenvalue weighted by Gasteiger charge is 2.24. The molecule has 0 spiro atoms. The third-order valence-electron chi connectivity index (χ3n) is 3.79. The number of piperidine rings is 1. The zero-order chi connectivity index (χ0) is 14.7. The van der Waals surface area contributed by atoms with E-state index in [0.29, 0.717) is 11.1 Å². The SMILES string of the molecule is Cc1ccc(C(=O)N(C)C2CCCNC2)cc1[N+](=O)[O-]. The zero-order valence-electron chi connectivity index (χ0n) is 11.8. The van der Waals surface area contributed by atoms with Crippen molar-refractivity contribution in [3.8, 4) is 0 Å². The van der Waals surface area contributed by atoms with Gasteiger partial charge in [-0.3, -0.25) is 14.9 Å². The molecule has 0 radical (unpaired) electrons. The van der Waals surface area contributed by atoms with Crippen LogP contribution < -0.4 is 5.32 Å². The van der Waals surface area contributed by atoms with Gasteiger partial charge in [0.1, 0.15) is 0 Å². The number of nitro benzene ring substituents is 1. The molecule has 6 heteroatoms. The van der Waals surface area contributed by atoms with Crippen LogP contribution in [0.2, 0.25) is 0 Å². The molecule has 0 aliphatic carbocycles. The van der Waals surface area contributed by atoms with Gasteiger partial charge in [0.05, 0.1) is 4.92 Å². The number of nitro groups is 1. The van der Waals surface area contributed by atoms with E-state index in [1.807, 2.05) is 0 Å². The minimum absolute atomic E-state index is 0.00832. The quantitative estimate of drug-likeness (QED) is 0.674. The summed E-state index contributed by atoms with van der Waals surface area (Å²) in [6.07, 6.45) is 2.00.